The van der Waals surface area contributed by atoms with E-state index in [1.54, 1.807) is 18.2 Å². The smallest absolute Gasteiger partial charge is 0.258 e. The lowest BCUT2D eigenvalue weighted by molar-refractivity contribution is -0.387. The second-order valence-electron chi connectivity index (χ2n) is 5.86. The van der Waals surface area contributed by atoms with Crippen molar-refractivity contribution in [3.05, 3.63) is 64.7 Å². The second-order valence-corrected chi connectivity index (χ2v) is 9.99. The summed E-state index contributed by atoms with van der Waals surface area (Å²) in [5.74, 6) is 0. The van der Waals surface area contributed by atoms with Crippen LogP contribution in [0.3, 0.4) is 0 Å². The van der Waals surface area contributed by atoms with Crippen molar-refractivity contribution in [2.75, 3.05) is 13.1 Å². The third-order valence-corrected chi connectivity index (χ3v) is 8.40. The molecule has 1 unspecified atom stereocenters. The summed E-state index contributed by atoms with van der Waals surface area (Å²) in [6.45, 7) is -0.239. The largest absolute Gasteiger partial charge is 0.289 e. The van der Waals surface area contributed by atoms with Crippen LogP contribution in [0.2, 0.25) is 0 Å². The second kappa shape index (κ2) is 6.78. The molecule has 26 heavy (non-hydrogen) atoms. The Balaban J connectivity index is 1.91. The molecule has 2 aromatic carbocycles. The van der Waals surface area contributed by atoms with E-state index >= 15 is 0 Å². The van der Waals surface area contributed by atoms with Crippen molar-refractivity contribution in [3.8, 4) is 0 Å². The van der Waals surface area contributed by atoms with E-state index in [1.165, 1.54) is 24.3 Å². The number of sulfone groups is 1. The first-order chi connectivity index (χ1) is 12.2. The molecular weight excluding hydrogens is 380 g/mol. The number of nitro benzene ring substituents is 1. The zero-order chi connectivity index (χ0) is 18.9. The molecule has 0 N–H and O–H groups in total. The highest BCUT2D eigenvalue weighted by atomic mass is 32.2. The van der Waals surface area contributed by atoms with Crippen molar-refractivity contribution in [2.45, 2.75) is 21.5 Å². The van der Waals surface area contributed by atoms with Crippen LogP contribution in [0.4, 0.5) is 5.69 Å². The highest BCUT2D eigenvalue weighted by molar-refractivity contribution is 7.92. The van der Waals surface area contributed by atoms with Gasteiger partial charge in [0.25, 0.3) is 5.69 Å². The summed E-state index contributed by atoms with van der Waals surface area (Å²) >= 11 is 0. The van der Waals surface area contributed by atoms with E-state index in [4.69, 9.17) is 0 Å². The van der Waals surface area contributed by atoms with Crippen molar-refractivity contribution in [2.24, 2.45) is 0 Å². The van der Waals surface area contributed by atoms with Gasteiger partial charge in [-0.15, -0.1) is 0 Å². The van der Waals surface area contributed by atoms with Gasteiger partial charge < -0.3 is 0 Å². The maximum Gasteiger partial charge on any atom is 0.289 e. The van der Waals surface area contributed by atoms with E-state index in [9.17, 15) is 26.9 Å². The van der Waals surface area contributed by atoms with Crippen LogP contribution in [0.25, 0.3) is 0 Å². The molecule has 138 valence electrons. The first kappa shape index (κ1) is 18.5. The van der Waals surface area contributed by atoms with Gasteiger partial charge in [0.15, 0.2) is 14.7 Å². The lowest BCUT2D eigenvalue weighted by Crippen LogP contribution is -2.32. The molecule has 2 aromatic rings. The van der Waals surface area contributed by atoms with Crippen LogP contribution in [0.15, 0.2) is 64.4 Å². The molecule has 0 amide bonds. The van der Waals surface area contributed by atoms with E-state index in [2.05, 4.69) is 0 Å². The molecule has 0 saturated carbocycles. The minimum absolute atomic E-state index is 0.00882. The number of sulfonamides is 1. The molecule has 1 saturated heterocycles. The molecule has 0 bridgehead atoms. The van der Waals surface area contributed by atoms with E-state index in [0.717, 1.165) is 16.4 Å². The molecule has 0 aromatic heterocycles. The van der Waals surface area contributed by atoms with Crippen LogP contribution in [0.5, 0.6) is 0 Å². The van der Waals surface area contributed by atoms with E-state index in [-0.39, 0.29) is 24.4 Å². The summed E-state index contributed by atoms with van der Waals surface area (Å²) in [5.41, 5.74) is -0.526. The highest BCUT2D eigenvalue weighted by Gasteiger charge is 2.41. The SMILES string of the molecule is O=[N+]([O-])c1ccccc1S(=O)(=O)N1CCC(S(=O)(=O)c2ccccc2)C1. The summed E-state index contributed by atoms with van der Waals surface area (Å²) in [6.07, 6.45) is 0.136. The van der Waals surface area contributed by atoms with Gasteiger partial charge in [0, 0.05) is 19.2 Å². The Morgan fingerprint density at radius 3 is 2.23 bits per heavy atom. The van der Waals surface area contributed by atoms with Gasteiger partial charge in [-0.3, -0.25) is 10.1 Å². The van der Waals surface area contributed by atoms with Gasteiger partial charge in [-0.2, -0.15) is 4.31 Å². The standard InChI is InChI=1S/C16H16N2O6S2/c19-18(20)15-8-4-5-9-16(15)26(23,24)17-11-10-14(12-17)25(21,22)13-6-2-1-3-7-13/h1-9,14H,10-12H2. The molecular formula is C16H16N2O6S2. The lowest BCUT2D eigenvalue weighted by atomic mass is 10.3. The molecule has 1 atom stereocenters. The maximum absolute atomic E-state index is 12.8. The average Bonchev–Trinajstić information content (AvgIpc) is 3.14. The van der Waals surface area contributed by atoms with Crippen LogP contribution in [0.1, 0.15) is 6.42 Å². The molecule has 1 fully saturated rings. The monoisotopic (exact) mass is 396 g/mol. The fourth-order valence-electron chi connectivity index (χ4n) is 2.94. The van der Waals surface area contributed by atoms with Crippen LogP contribution in [-0.4, -0.2) is 44.4 Å². The Kier molecular flexibility index (Phi) is 4.82. The van der Waals surface area contributed by atoms with Crippen molar-refractivity contribution < 1.29 is 21.8 Å². The predicted molar refractivity (Wildman–Crippen MR) is 93.9 cm³/mol. The summed E-state index contributed by atoms with van der Waals surface area (Å²) < 4.78 is 52.0. The molecule has 0 spiro atoms. The Hall–Kier alpha value is -2.30. The van der Waals surface area contributed by atoms with Gasteiger partial charge >= 0.3 is 0 Å². The number of para-hydroxylation sites is 1. The van der Waals surface area contributed by atoms with Crippen molar-refractivity contribution in [1.82, 2.24) is 4.31 Å². The molecule has 8 nitrogen and oxygen atoms in total. The van der Waals surface area contributed by atoms with Crippen LogP contribution in [-0.2, 0) is 19.9 Å². The molecule has 1 aliphatic heterocycles. The topological polar surface area (TPSA) is 115 Å². The highest BCUT2D eigenvalue weighted by Crippen LogP contribution is 2.31. The van der Waals surface area contributed by atoms with Gasteiger partial charge in [-0.1, -0.05) is 30.3 Å². The Morgan fingerprint density at radius 1 is 0.962 bits per heavy atom. The first-order valence-corrected chi connectivity index (χ1v) is 10.8. The average molecular weight is 396 g/mol. The summed E-state index contributed by atoms with van der Waals surface area (Å²) in [7, 11) is -7.84. The lowest BCUT2D eigenvalue weighted by Gasteiger charge is -2.17. The zero-order valence-corrected chi connectivity index (χ0v) is 15.2. The molecule has 0 radical (unpaired) electrons. The minimum Gasteiger partial charge on any atom is -0.258 e. The maximum atomic E-state index is 12.8. The first-order valence-electron chi connectivity index (χ1n) is 7.77. The van der Waals surface area contributed by atoms with Gasteiger partial charge in [0.2, 0.25) is 10.0 Å². The van der Waals surface area contributed by atoms with Crippen molar-refractivity contribution in [1.29, 1.82) is 0 Å². The number of nitro groups is 1. The van der Waals surface area contributed by atoms with Gasteiger partial charge in [0.05, 0.1) is 15.1 Å². The summed E-state index contributed by atoms with van der Waals surface area (Å²) in [6, 6.07) is 12.9. The third kappa shape index (κ3) is 3.22. The van der Waals surface area contributed by atoms with E-state index < -0.39 is 40.6 Å². The van der Waals surface area contributed by atoms with Crippen LogP contribution < -0.4 is 0 Å². The Morgan fingerprint density at radius 2 is 1.58 bits per heavy atom. The van der Waals surface area contributed by atoms with E-state index in [1.807, 2.05) is 0 Å². The summed E-state index contributed by atoms with van der Waals surface area (Å²) in [5, 5.41) is 10.2. The molecule has 10 heteroatoms. The number of benzene rings is 2. The van der Waals surface area contributed by atoms with Crippen molar-refractivity contribution >= 4 is 25.5 Å². The molecule has 1 heterocycles. The third-order valence-electron chi connectivity index (χ3n) is 4.30. The fraction of sp³-hybridized carbons (Fsp3) is 0.250. The molecule has 3 rings (SSSR count). The van der Waals surface area contributed by atoms with E-state index in [0.29, 0.717) is 0 Å². The summed E-state index contributed by atoms with van der Waals surface area (Å²) in [4.78, 5) is 10.1. The minimum atomic E-state index is -4.16. The Labute approximate surface area is 151 Å². The fourth-order valence-corrected chi connectivity index (χ4v) is 6.40. The normalized spacial score (nSPS) is 18.7. The number of hydrogen-bond acceptors (Lipinski definition) is 6. The number of nitrogens with zero attached hydrogens (tertiary/aromatic N) is 2. The Bertz CT molecular complexity index is 1040. The molecule has 1 aliphatic rings. The molecule has 0 aliphatic carbocycles. The van der Waals surface area contributed by atoms with Crippen molar-refractivity contribution in [3.63, 3.8) is 0 Å². The van der Waals surface area contributed by atoms with Gasteiger partial charge in [-0.25, -0.2) is 16.8 Å². The zero-order valence-electron chi connectivity index (χ0n) is 13.6. The van der Waals surface area contributed by atoms with Crippen LogP contribution >= 0.6 is 0 Å². The van der Waals surface area contributed by atoms with Gasteiger partial charge in [0.1, 0.15) is 0 Å². The number of hydrogen-bond donors (Lipinski definition) is 0. The van der Waals surface area contributed by atoms with Gasteiger partial charge in [-0.05, 0) is 24.6 Å². The quantitative estimate of drug-likeness (QED) is 0.562. The number of rotatable bonds is 5. The predicted octanol–water partition coefficient (Wildman–Crippen LogP) is 1.83. The van der Waals surface area contributed by atoms with Crippen LogP contribution in [0, 0.1) is 10.1 Å².